The first-order valence-corrected chi connectivity index (χ1v) is 12.7. The summed E-state index contributed by atoms with van der Waals surface area (Å²) in [6, 6.07) is 9.87. The number of hydrogen-bond acceptors (Lipinski definition) is 3. The molecule has 1 amide bonds. The van der Waals surface area contributed by atoms with Crippen molar-refractivity contribution in [3.05, 3.63) is 51.9 Å². The molecule has 1 N–H and O–H groups in total. The van der Waals surface area contributed by atoms with Gasteiger partial charge in [-0.25, -0.2) is 0 Å². The van der Waals surface area contributed by atoms with E-state index < -0.39 is 6.10 Å². The summed E-state index contributed by atoms with van der Waals surface area (Å²) in [4.78, 5) is 15.5. The Morgan fingerprint density at radius 1 is 1.06 bits per heavy atom. The van der Waals surface area contributed by atoms with Crippen molar-refractivity contribution in [1.29, 1.82) is 0 Å². The van der Waals surface area contributed by atoms with Crippen molar-refractivity contribution >= 4 is 27.5 Å². The number of aliphatic hydroxyl groups is 1. The van der Waals surface area contributed by atoms with Gasteiger partial charge < -0.3 is 14.4 Å². The molecule has 1 aromatic carbocycles. The average molecular weight is 484 g/mol. The molecule has 3 fully saturated rings. The van der Waals surface area contributed by atoms with Gasteiger partial charge in [0.2, 0.25) is 0 Å². The van der Waals surface area contributed by atoms with Crippen molar-refractivity contribution in [2.45, 2.75) is 75.7 Å². The fraction of sp³-hybridized carbons (Fsp3) is 0.577. The topological polar surface area (TPSA) is 53.7 Å². The van der Waals surface area contributed by atoms with Crippen LogP contribution in [0, 0.1) is 11.3 Å². The molecular weight excluding hydrogens is 454 g/mol. The molecule has 0 saturated heterocycles. The molecule has 31 heavy (non-hydrogen) atoms. The Bertz CT molecular complexity index is 1010. The predicted octanol–water partition coefficient (Wildman–Crippen LogP) is 6.52. The number of halogens is 1. The molecule has 6 rings (SSSR count). The highest BCUT2D eigenvalue weighted by Gasteiger charge is 2.53. The van der Waals surface area contributed by atoms with E-state index in [-0.39, 0.29) is 17.2 Å². The van der Waals surface area contributed by atoms with E-state index in [1.54, 1.807) is 12.1 Å². The third kappa shape index (κ3) is 3.31. The average Bonchev–Trinajstić information content (AvgIpc) is 3.20. The summed E-state index contributed by atoms with van der Waals surface area (Å²) in [7, 11) is 0. The second-order valence-electron chi connectivity index (χ2n) is 10.5. The zero-order valence-electron chi connectivity index (χ0n) is 17.9. The van der Waals surface area contributed by atoms with Crippen LogP contribution in [0.15, 0.2) is 39.2 Å². The Morgan fingerprint density at radius 3 is 2.48 bits per heavy atom. The Hall–Kier alpha value is -1.59. The molecule has 0 bridgehead atoms. The van der Waals surface area contributed by atoms with E-state index in [0.29, 0.717) is 16.9 Å². The Kier molecular flexibility index (Phi) is 4.66. The molecule has 2 spiro atoms. The summed E-state index contributed by atoms with van der Waals surface area (Å²) in [5.74, 6) is 1.04. The van der Waals surface area contributed by atoms with Crippen LogP contribution in [-0.4, -0.2) is 17.6 Å². The summed E-state index contributed by atoms with van der Waals surface area (Å²) in [6.07, 6.45) is 11.4. The van der Waals surface area contributed by atoms with Gasteiger partial charge >= 0.3 is 0 Å². The van der Waals surface area contributed by atoms with E-state index in [4.69, 9.17) is 4.42 Å². The van der Waals surface area contributed by atoms with Crippen LogP contribution in [0.1, 0.15) is 92.2 Å². The zero-order valence-corrected chi connectivity index (χ0v) is 19.5. The molecule has 4 nitrogen and oxygen atoms in total. The fourth-order valence-corrected chi connectivity index (χ4v) is 6.81. The largest absolute Gasteiger partial charge is 0.453 e. The van der Waals surface area contributed by atoms with E-state index in [1.165, 1.54) is 31.2 Å². The van der Waals surface area contributed by atoms with Gasteiger partial charge in [-0.1, -0.05) is 28.8 Å². The van der Waals surface area contributed by atoms with Crippen LogP contribution in [0.5, 0.6) is 0 Å². The molecule has 1 atom stereocenters. The van der Waals surface area contributed by atoms with Gasteiger partial charge in [-0.3, -0.25) is 4.79 Å². The zero-order chi connectivity index (χ0) is 21.2. The normalized spacial score (nSPS) is 24.6. The number of benzene rings is 1. The number of carbonyl (C=O) groups is 1. The Balaban J connectivity index is 1.28. The maximum atomic E-state index is 13.6. The summed E-state index contributed by atoms with van der Waals surface area (Å²) < 4.78 is 7.01. The van der Waals surface area contributed by atoms with Crippen LogP contribution < -0.4 is 4.90 Å². The molecule has 4 aliphatic rings. The van der Waals surface area contributed by atoms with Gasteiger partial charge in [0.25, 0.3) is 5.91 Å². The highest BCUT2D eigenvalue weighted by molar-refractivity contribution is 9.10. The number of rotatable bonds is 3. The maximum absolute atomic E-state index is 13.6. The van der Waals surface area contributed by atoms with Gasteiger partial charge in [0.1, 0.15) is 11.9 Å². The third-order valence-electron chi connectivity index (χ3n) is 8.73. The van der Waals surface area contributed by atoms with Crippen LogP contribution in [0.25, 0.3) is 0 Å². The van der Waals surface area contributed by atoms with Crippen LogP contribution in [0.3, 0.4) is 0 Å². The number of hydrogen-bond donors (Lipinski definition) is 1. The number of amides is 1. The monoisotopic (exact) mass is 483 g/mol. The molecule has 1 aliphatic heterocycles. The molecular formula is C26H30BrNO3. The van der Waals surface area contributed by atoms with Gasteiger partial charge in [-0.05, 0) is 98.6 Å². The van der Waals surface area contributed by atoms with Crippen LogP contribution in [0.4, 0.5) is 5.69 Å². The molecule has 3 saturated carbocycles. The molecule has 164 valence electrons. The number of carbonyl (C=O) groups excluding carboxylic acids is 1. The van der Waals surface area contributed by atoms with Gasteiger partial charge in [-0.2, -0.15) is 0 Å². The first-order valence-electron chi connectivity index (χ1n) is 11.9. The van der Waals surface area contributed by atoms with E-state index in [9.17, 15) is 9.90 Å². The predicted molar refractivity (Wildman–Crippen MR) is 123 cm³/mol. The highest BCUT2D eigenvalue weighted by atomic mass is 79.9. The smallest absolute Gasteiger partial charge is 0.294 e. The van der Waals surface area contributed by atoms with Crippen molar-refractivity contribution in [3.63, 3.8) is 0 Å². The van der Waals surface area contributed by atoms with Crippen LogP contribution in [0.2, 0.25) is 0 Å². The van der Waals surface area contributed by atoms with Gasteiger partial charge in [-0.15, -0.1) is 0 Å². The first kappa shape index (κ1) is 20.0. The van der Waals surface area contributed by atoms with Crippen molar-refractivity contribution < 1.29 is 14.3 Å². The van der Waals surface area contributed by atoms with Crippen LogP contribution >= 0.6 is 15.9 Å². The highest BCUT2D eigenvalue weighted by Crippen LogP contribution is 2.62. The number of aliphatic hydroxyl groups excluding tert-OH is 1. The van der Waals surface area contributed by atoms with Crippen molar-refractivity contribution in [2.24, 2.45) is 11.3 Å². The molecule has 3 aliphatic carbocycles. The molecule has 2 aromatic rings. The Labute approximate surface area is 192 Å². The summed E-state index contributed by atoms with van der Waals surface area (Å²) in [5.41, 5.74) is 3.00. The second kappa shape index (κ2) is 7.21. The molecule has 1 unspecified atom stereocenters. The number of fused-ring (bicyclic) bond motifs is 2. The van der Waals surface area contributed by atoms with Crippen molar-refractivity contribution in [3.8, 4) is 0 Å². The molecule has 5 heteroatoms. The fourth-order valence-electron chi connectivity index (χ4n) is 6.45. The first-order chi connectivity index (χ1) is 15.0. The lowest BCUT2D eigenvalue weighted by atomic mass is 9.66. The lowest BCUT2D eigenvalue weighted by molar-refractivity contribution is 0.0828. The van der Waals surface area contributed by atoms with E-state index in [0.717, 1.165) is 55.2 Å². The van der Waals surface area contributed by atoms with Crippen LogP contribution in [-0.2, 0) is 5.41 Å². The second-order valence-corrected chi connectivity index (χ2v) is 11.4. The lowest BCUT2D eigenvalue weighted by Crippen LogP contribution is -2.39. The maximum Gasteiger partial charge on any atom is 0.294 e. The minimum absolute atomic E-state index is 0.0569. The quantitative estimate of drug-likeness (QED) is 0.540. The lowest BCUT2D eigenvalue weighted by Gasteiger charge is -2.38. The van der Waals surface area contributed by atoms with Crippen molar-refractivity contribution in [1.82, 2.24) is 0 Å². The molecule has 2 heterocycles. The Morgan fingerprint density at radius 2 is 1.77 bits per heavy atom. The summed E-state index contributed by atoms with van der Waals surface area (Å²) in [5, 5.41) is 10.7. The number of furan rings is 1. The van der Waals surface area contributed by atoms with Gasteiger partial charge in [0.15, 0.2) is 5.76 Å². The van der Waals surface area contributed by atoms with E-state index in [1.807, 2.05) is 11.0 Å². The number of anilines is 1. The summed E-state index contributed by atoms with van der Waals surface area (Å²) in [6.45, 7) is 0.731. The standard InChI is InChI=1S/C26H30BrNO3/c27-18-5-6-20-19(15-18)26(13-11-25(9-10-25)12-14-26)16-28(20)24(30)22-8-7-21(31-22)23(29)17-3-1-2-4-17/h5-8,15,17,23,29H,1-4,9-14,16H2. The third-order valence-corrected chi connectivity index (χ3v) is 9.22. The summed E-state index contributed by atoms with van der Waals surface area (Å²) >= 11 is 3.65. The minimum atomic E-state index is -0.606. The minimum Gasteiger partial charge on any atom is -0.453 e. The van der Waals surface area contributed by atoms with Gasteiger partial charge in [0, 0.05) is 22.1 Å². The van der Waals surface area contributed by atoms with Gasteiger partial charge in [0.05, 0.1) is 0 Å². The number of nitrogens with zero attached hydrogens (tertiary/aromatic N) is 1. The molecule has 0 radical (unpaired) electrons. The SMILES string of the molecule is O=C(c1ccc(C(O)C2CCCC2)o1)N1CC2(CCC3(CC3)CC2)c2cc(Br)ccc21. The molecule has 1 aromatic heterocycles. The van der Waals surface area contributed by atoms with E-state index >= 15 is 0 Å². The van der Waals surface area contributed by atoms with Crippen molar-refractivity contribution in [2.75, 3.05) is 11.4 Å². The van der Waals surface area contributed by atoms with E-state index in [2.05, 4.69) is 28.1 Å².